The van der Waals surface area contributed by atoms with Crippen LogP contribution in [-0.4, -0.2) is 52.4 Å². The van der Waals surface area contributed by atoms with Crippen molar-refractivity contribution < 1.29 is 9.53 Å². The molecule has 0 unspecified atom stereocenters. The maximum absolute atomic E-state index is 12.5. The number of halogens is 1. The van der Waals surface area contributed by atoms with Crippen molar-refractivity contribution in [2.75, 3.05) is 36.5 Å². The lowest BCUT2D eigenvalue weighted by Gasteiger charge is -2.28. The Morgan fingerprint density at radius 2 is 2.07 bits per heavy atom. The van der Waals surface area contributed by atoms with Gasteiger partial charge in [-0.1, -0.05) is 23.4 Å². The molecule has 0 aliphatic carbocycles. The Bertz CT molecular complexity index is 972. The van der Waals surface area contributed by atoms with Crippen LogP contribution in [-0.2, 0) is 9.53 Å². The fourth-order valence-electron chi connectivity index (χ4n) is 2.95. The number of anilines is 2. The van der Waals surface area contributed by atoms with E-state index in [1.54, 1.807) is 12.3 Å². The number of ether oxygens (including phenoxy) is 1. The molecule has 9 heteroatoms. The molecule has 0 bridgehead atoms. The molecule has 0 radical (unpaired) electrons. The molecular formula is C19H20ClN5O2S. The molecule has 1 aromatic carbocycles. The zero-order valence-electron chi connectivity index (χ0n) is 15.3. The summed E-state index contributed by atoms with van der Waals surface area (Å²) in [5.41, 5.74) is 3.24. The zero-order chi connectivity index (χ0) is 19.5. The van der Waals surface area contributed by atoms with Crippen molar-refractivity contribution in [3.05, 3.63) is 41.6 Å². The SMILES string of the molecule is C[C@@H](Sc1nc2ncc(Cl)cc2[nH]1)C(=O)Nc1ccc(N2CCOCC2)cc1. The van der Waals surface area contributed by atoms with Crippen molar-refractivity contribution >= 4 is 51.8 Å². The maximum atomic E-state index is 12.5. The van der Waals surface area contributed by atoms with Crippen LogP contribution < -0.4 is 10.2 Å². The molecule has 3 heterocycles. The normalized spacial score (nSPS) is 15.6. The Kier molecular flexibility index (Phi) is 5.70. The van der Waals surface area contributed by atoms with Gasteiger partial charge in [0.25, 0.3) is 0 Å². The first kappa shape index (κ1) is 19.0. The summed E-state index contributed by atoms with van der Waals surface area (Å²) in [7, 11) is 0. The quantitative estimate of drug-likeness (QED) is 0.617. The molecule has 0 spiro atoms. The van der Waals surface area contributed by atoms with E-state index in [0.29, 0.717) is 15.8 Å². The van der Waals surface area contributed by atoms with Gasteiger partial charge in [0, 0.05) is 30.7 Å². The molecule has 1 fully saturated rings. The van der Waals surface area contributed by atoms with Crippen molar-refractivity contribution in [3.63, 3.8) is 0 Å². The standard InChI is InChI=1S/C19H20ClN5O2S/c1-12(28-19-23-16-10-13(20)11-21-17(16)24-19)18(26)22-14-2-4-15(5-3-14)25-6-8-27-9-7-25/h2-5,10-12H,6-9H2,1H3,(H,22,26)(H,21,23,24)/t12-/m1/s1. The van der Waals surface area contributed by atoms with Crippen molar-refractivity contribution in [1.29, 1.82) is 0 Å². The van der Waals surface area contributed by atoms with Crippen LogP contribution in [0.4, 0.5) is 11.4 Å². The molecule has 7 nitrogen and oxygen atoms in total. The van der Waals surface area contributed by atoms with Crippen LogP contribution in [0.2, 0.25) is 5.02 Å². The fourth-order valence-corrected chi connectivity index (χ4v) is 3.92. The van der Waals surface area contributed by atoms with E-state index in [1.165, 1.54) is 11.8 Å². The first-order chi connectivity index (χ1) is 13.6. The summed E-state index contributed by atoms with van der Waals surface area (Å²) in [5.74, 6) is -0.0874. The highest BCUT2D eigenvalue weighted by Gasteiger charge is 2.18. The fraction of sp³-hybridized carbons (Fsp3) is 0.316. The lowest BCUT2D eigenvalue weighted by molar-refractivity contribution is -0.115. The summed E-state index contributed by atoms with van der Waals surface area (Å²) in [5, 5.41) is 3.80. The first-order valence-corrected chi connectivity index (χ1v) is 10.3. The molecule has 146 valence electrons. The second-order valence-corrected chi connectivity index (χ2v) is 8.23. The summed E-state index contributed by atoms with van der Waals surface area (Å²) in [6.07, 6.45) is 1.55. The minimum Gasteiger partial charge on any atom is -0.378 e. The third-order valence-corrected chi connectivity index (χ3v) is 5.64. The van der Waals surface area contributed by atoms with Gasteiger partial charge in [0.1, 0.15) is 0 Å². The van der Waals surface area contributed by atoms with E-state index in [4.69, 9.17) is 16.3 Å². The van der Waals surface area contributed by atoms with Crippen molar-refractivity contribution in [1.82, 2.24) is 15.0 Å². The number of pyridine rings is 1. The molecule has 2 aromatic heterocycles. The number of fused-ring (bicyclic) bond motifs is 1. The molecule has 1 aliphatic heterocycles. The van der Waals surface area contributed by atoms with Crippen LogP contribution in [0.3, 0.4) is 0 Å². The van der Waals surface area contributed by atoms with Crippen LogP contribution in [0, 0.1) is 0 Å². The number of hydrogen-bond donors (Lipinski definition) is 2. The van der Waals surface area contributed by atoms with E-state index in [9.17, 15) is 4.79 Å². The van der Waals surface area contributed by atoms with E-state index in [2.05, 4.69) is 25.2 Å². The van der Waals surface area contributed by atoms with Gasteiger partial charge in [-0.2, -0.15) is 0 Å². The minimum atomic E-state index is -0.324. The Morgan fingerprint density at radius 1 is 1.32 bits per heavy atom. The second-order valence-electron chi connectivity index (χ2n) is 6.46. The van der Waals surface area contributed by atoms with Gasteiger partial charge in [0.2, 0.25) is 5.91 Å². The molecular weight excluding hydrogens is 398 g/mol. The van der Waals surface area contributed by atoms with Crippen molar-refractivity contribution in [2.24, 2.45) is 0 Å². The largest absolute Gasteiger partial charge is 0.378 e. The number of morpholine rings is 1. The number of rotatable bonds is 5. The number of thioether (sulfide) groups is 1. The van der Waals surface area contributed by atoms with Crippen molar-refractivity contribution in [2.45, 2.75) is 17.3 Å². The van der Waals surface area contributed by atoms with Crippen LogP contribution in [0.15, 0.2) is 41.7 Å². The number of carbonyl (C=O) groups is 1. The number of benzene rings is 1. The maximum Gasteiger partial charge on any atom is 0.237 e. The van der Waals surface area contributed by atoms with E-state index >= 15 is 0 Å². The summed E-state index contributed by atoms with van der Waals surface area (Å²) in [4.78, 5) is 26.5. The molecule has 0 saturated carbocycles. The number of carbonyl (C=O) groups excluding carboxylic acids is 1. The van der Waals surface area contributed by atoms with Crippen LogP contribution in [0.25, 0.3) is 11.2 Å². The first-order valence-electron chi connectivity index (χ1n) is 9.00. The Morgan fingerprint density at radius 3 is 2.82 bits per heavy atom. The highest BCUT2D eigenvalue weighted by molar-refractivity contribution is 8.00. The Balaban J connectivity index is 1.36. The Labute approximate surface area is 171 Å². The molecule has 1 amide bonds. The van der Waals surface area contributed by atoms with E-state index in [0.717, 1.165) is 43.2 Å². The van der Waals surface area contributed by atoms with Crippen LogP contribution in [0.5, 0.6) is 0 Å². The Hall–Kier alpha value is -2.29. The third kappa shape index (κ3) is 4.40. The predicted octanol–water partition coefficient (Wildman–Crippen LogP) is 3.57. The number of aromatic nitrogens is 3. The average molecular weight is 418 g/mol. The summed E-state index contributed by atoms with van der Waals surface area (Å²) in [6.45, 7) is 5.11. The highest BCUT2D eigenvalue weighted by Crippen LogP contribution is 2.25. The topological polar surface area (TPSA) is 83.1 Å². The van der Waals surface area contributed by atoms with E-state index in [1.807, 2.05) is 31.2 Å². The number of nitrogens with zero attached hydrogens (tertiary/aromatic N) is 3. The molecule has 3 aromatic rings. The molecule has 1 atom stereocenters. The average Bonchev–Trinajstić information content (AvgIpc) is 3.10. The molecule has 1 aliphatic rings. The number of amides is 1. The number of H-pyrrole nitrogens is 1. The van der Waals surface area contributed by atoms with Gasteiger partial charge in [0.15, 0.2) is 10.8 Å². The second kappa shape index (κ2) is 8.38. The monoisotopic (exact) mass is 417 g/mol. The number of nitrogens with one attached hydrogen (secondary N) is 2. The van der Waals surface area contributed by atoms with E-state index in [-0.39, 0.29) is 11.2 Å². The van der Waals surface area contributed by atoms with Crippen molar-refractivity contribution in [3.8, 4) is 0 Å². The van der Waals surface area contributed by atoms with Gasteiger partial charge in [0.05, 0.1) is 29.0 Å². The molecule has 2 N–H and O–H groups in total. The summed E-state index contributed by atoms with van der Waals surface area (Å²) in [6, 6.07) is 9.66. The summed E-state index contributed by atoms with van der Waals surface area (Å²) < 4.78 is 5.38. The van der Waals surface area contributed by atoms with Gasteiger partial charge in [-0.15, -0.1) is 0 Å². The van der Waals surface area contributed by atoms with Gasteiger partial charge in [-0.25, -0.2) is 9.97 Å². The minimum absolute atomic E-state index is 0.0874. The predicted molar refractivity (Wildman–Crippen MR) is 112 cm³/mol. The molecule has 4 rings (SSSR count). The number of aromatic amines is 1. The van der Waals surface area contributed by atoms with Gasteiger partial charge in [-0.3, -0.25) is 4.79 Å². The van der Waals surface area contributed by atoms with E-state index < -0.39 is 0 Å². The van der Waals surface area contributed by atoms with Crippen LogP contribution in [0.1, 0.15) is 6.92 Å². The lowest BCUT2D eigenvalue weighted by atomic mass is 10.2. The molecule has 1 saturated heterocycles. The molecule has 28 heavy (non-hydrogen) atoms. The van der Waals surface area contributed by atoms with Gasteiger partial charge < -0.3 is 19.9 Å². The van der Waals surface area contributed by atoms with Gasteiger partial charge >= 0.3 is 0 Å². The smallest absolute Gasteiger partial charge is 0.237 e. The van der Waals surface area contributed by atoms with Crippen LogP contribution >= 0.6 is 23.4 Å². The lowest BCUT2D eigenvalue weighted by Crippen LogP contribution is -2.36. The summed E-state index contributed by atoms with van der Waals surface area (Å²) >= 11 is 7.29. The zero-order valence-corrected chi connectivity index (χ0v) is 16.9. The highest BCUT2D eigenvalue weighted by atomic mass is 35.5. The number of hydrogen-bond acceptors (Lipinski definition) is 6. The van der Waals surface area contributed by atoms with Gasteiger partial charge in [-0.05, 0) is 37.3 Å². The third-order valence-electron chi connectivity index (χ3n) is 4.45. The number of imidazole rings is 1.